The maximum atomic E-state index is 13.9. The third-order valence-electron chi connectivity index (χ3n) is 4.79. The van der Waals surface area contributed by atoms with E-state index in [0.29, 0.717) is 31.9 Å². The average molecular weight is 356 g/mol. The summed E-state index contributed by atoms with van der Waals surface area (Å²) in [6.45, 7) is 6.22. The lowest BCUT2D eigenvalue weighted by molar-refractivity contribution is -0.138. The van der Waals surface area contributed by atoms with Crippen molar-refractivity contribution < 1.29 is 13.9 Å². The Balaban J connectivity index is 1.59. The van der Waals surface area contributed by atoms with E-state index in [4.69, 9.17) is 4.74 Å². The zero-order valence-electron chi connectivity index (χ0n) is 15.3. The van der Waals surface area contributed by atoms with Crippen LogP contribution in [-0.4, -0.2) is 43.1 Å². The van der Waals surface area contributed by atoms with E-state index in [1.54, 1.807) is 24.0 Å². The molecule has 1 unspecified atom stereocenters. The molecular formula is C21H25FN2O2. The van der Waals surface area contributed by atoms with Gasteiger partial charge >= 0.3 is 0 Å². The molecule has 1 fully saturated rings. The van der Waals surface area contributed by atoms with E-state index in [2.05, 4.69) is 6.92 Å². The first-order valence-electron chi connectivity index (χ1n) is 9.13. The van der Waals surface area contributed by atoms with Crippen LogP contribution in [0.3, 0.4) is 0 Å². The zero-order chi connectivity index (χ0) is 18.5. The standard InChI is InChI=1S/C21H25FN2O2/c1-3-17-8-4-7-11-20(17)26-16(2)21(25)24-14-12-23(13-15-24)19-10-6-5-9-18(19)22/h4-11,16H,3,12-15H2,1-2H3. The summed E-state index contributed by atoms with van der Waals surface area (Å²) in [5.74, 6) is 0.519. The maximum Gasteiger partial charge on any atom is 0.263 e. The topological polar surface area (TPSA) is 32.8 Å². The van der Waals surface area contributed by atoms with E-state index in [9.17, 15) is 9.18 Å². The molecule has 1 heterocycles. The average Bonchev–Trinajstić information content (AvgIpc) is 2.68. The molecule has 1 saturated heterocycles. The molecule has 5 heteroatoms. The summed E-state index contributed by atoms with van der Waals surface area (Å²) < 4.78 is 19.8. The van der Waals surface area contributed by atoms with Crippen molar-refractivity contribution in [2.24, 2.45) is 0 Å². The molecule has 3 rings (SSSR count). The molecule has 0 spiro atoms. The molecule has 0 aliphatic carbocycles. The zero-order valence-corrected chi connectivity index (χ0v) is 15.3. The van der Waals surface area contributed by atoms with Crippen molar-refractivity contribution in [2.75, 3.05) is 31.1 Å². The van der Waals surface area contributed by atoms with Crippen molar-refractivity contribution in [3.05, 3.63) is 59.9 Å². The lowest BCUT2D eigenvalue weighted by Gasteiger charge is -2.37. The van der Waals surface area contributed by atoms with E-state index in [1.165, 1.54) is 6.07 Å². The van der Waals surface area contributed by atoms with Gasteiger partial charge in [0.15, 0.2) is 6.10 Å². The second-order valence-electron chi connectivity index (χ2n) is 6.49. The quantitative estimate of drug-likeness (QED) is 0.822. The predicted molar refractivity (Wildman–Crippen MR) is 101 cm³/mol. The number of carbonyl (C=O) groups excluding carboxylic acids is 1. The smallest absolute Gasteiger partial charge is 0.263 e. The Bertz CT molecular complexity index is 757. The number of para-hydroxylation sites is 2. The molecule has 138 valence electrons. The minimum atomic E-state index is -0.539. The van der Waals surface area contributed by atoms with Crippen molar-refractivity contribution in [2.45, 2.75) is 26.4 Å². The van der Waals surface area contributed by atoms with Crippen LogP contribution in [0, 0.1) is 5.82 Å². The summed E-state index contributed by atoms with van der Waals surface area (Å²) >= 11 is 0. The van der Waals surface area contributed by atoms with Crippen LogP contribution in [0.5, 0.6) is 5.75 Å². The molecule has 1 atom stereocenters. The van der Waals surface area contributed by atoms with Crippen molar-refractivity contribution in [3.63, 3.8) is 0 Å². The van der Waals surface area contributed by atoms with Gasteiger partial charge in [-0.3, -0.25) is 4.79 Å². The van der Waals surface area contributed by atoms with Crippen LogP contribution in [-0.2, 0) is 11.2 Å². The summed E-state index contributed by atoms with van der Waals surface area (Å²) in [4.78, 5) is 16.5. The molecule has 0 radical (unpaired) electrons. The normalized spacial score (nSPS) is 15.7. The third-order valence-corrected chi connectivity index (χ3v) is 4.79. The molecule has 2 aromatic carbocycles. The Morgan fingerprint density at radius 3 is 2.42 bits per heavy atom. The molecule has 4 nitrogen and oxygen atoms in total. The number of aryl methyl sites for hydroxylation is 1. The van der Waals surface area contributed by atoms with E-state index in [0.717, 1.165) is 17.7 Å². The number of halogens is 1. The van der Waals surface area contributed by atoms with Crippen molar-refractivity contribution >= 4 is 11.6 Å². The summed E-state index contributed by atoms with van der Waals surface area (Å²) in [5, 5.41) is 0. The highest BCUT2D eigenvalue weighted by molar-refractivity contribution is 5.81. The molecular weight excluding hydrogens is 331 g/mol. The first-order chi connectivity index (χ1) is 12.6. The fourth-order valence-corrected chi connectivity index (χ4v) is 3.28. The second-order valence-corrected chi connectivity index (χ2v) is 6.49. The fraction of sp³-hybridized carbons (Fsp3) is 0.381. The van der Waals surface area contributed by atoms with Crippen molar-refractivity contribution in [1.29, 1.82) is 0 Å². The van der Waals surface area contributed by atoms with Crippen LogP contribution in [0.4, 0.5) is 10.1 Å². The Labute approximate surface area is 154 Å². The van der Waals surface area contributed by atoms with Gasteiger partial charge in [0.1, 0.15) is 11.6 Å². The molecule has 26 heavy (non-hydrogen) atoms. The Morgan fingerprint density at radius 2 is 1.73 bits per heavy atom. The molecule has 1 aliphatic rings. The summed E-state index contributed by atoms with van der Waals surface area (Å²) in [6, 6.07) is 14.6. The lowest BCUT2D eigenvalue weighted by Crippen LogP contribution is -2.52. The molecule has 0 N–H and O–H groups in total. The minimum Gasteiger partial charge on any atom is -0.481 e. The van der Waals surface area contributed by atoms with Gasteiger partial charge in [0.2, 0.25) is 0 Å². The summed E-state index contributed by atoms with van der Waals surface area (Å²) in [6.07, 6.45) is 0.320. The van der Waals surface area contributed by atoms with Gasteiger partial charge in [-0.1, -0.05) is 37.3 Å². The second kappa shape index (κ2) is 8.21. The van der Waals surface area contributed by atoms with Crippen LogP contribution in [0.1, 0.15) is 19.4 Å². The Kier molecular flexibility index (Phi) is 5.76. The van der Waals surface area contributed by atoms with Gasteiger partial charge in [0.05, 0.1) is 5.69 Å². The van der Waals surface area contributed by atoms with E-state index in [-0.39, 0.29) is 11.7 Å². The highest BCUT2D eigenvalue weighted by atomic mass is 19.1. The van der Waals surface area contributed by atoms with Crippen LogP contribution in [0.2, 0.25) is 0 Å². The number of hydrogen-bond acceptors (Lipinski definition) is 3. The fourth-order valence-electron chi connectivity index (χ4n) is 3.28. The monoisotopic (exact) mass is 356 g/mol. The number of hydrogen-bond donors (Lipinski definition) is 0. The van der Waals surface area contributed by atoms with Crippen LogP contribution < -0.4 is 9.64 Å². The molecule has 1 aliphatic heterocycles. The van der Waals surface area contributed by atoms with Gasteiger partial charge in [-0.05, 0) is 37.1 Å². The van der Waals surface area contributed by atoms with Crippen LogP contribution in [0.15, 0.2) is 48.5 Å². The third kappa shape index (κ3) is 3.98. The van der Waals surface area contributed by atoms with Crippen LogP contribution in [0.25, 0.3) is 0 Å². The summed E-state index contributed by atoms with van der Waals surface area (Å²) in [7, 11) is 0. The number of rotatable bonds is 5. The van der Waals surface area contributed by atoms with Crippen molar-refractivity contribution in [3.8, 4) is 5.75 Å². The minimum absolute atomic E-state index is 0.0240. The number of anilines is 1. The number of piperazine rings is 1. The van der Waals surface area contributed by atoms with Crippen molar-refractivity contribution in [1.82, 2.24) is 4.90 Å². The first kappa shape index (κ1) is 18.2. The molecule has 2 aromatic rings. The maximum absolute atomic E-state index is 13.9. The van der Waals surface area contributed by atoms with Crippen LogP contribution >= 0.6 is 0 Å². The highest BCUT2D eigenvalue weighted by Gasteiger charge is 2.27. The van der Waals surface area contributed by atoms with E-state index < -0.39 is 6.10 Å². The molecule has 0 saturated carbocycles. The molecule has 1 amide bonds. The van der Waals surface area contributed by atoms with E-state index >= 15 is 0 Å². The van der Waals surface area contributed by atoms with Gasteiger partial charge < -0.3 is 14.5 Å². The predicted octanol–water partition coefficient (Wildman–Crippen LogP) is 3.50. The van der Waals surface area contributed by atoms with Gasteiger partial charge in [-0.15, -0.1) is 0 Å². The van der Waals surface area contributed by atoms with Gasteiger partial charge in [0.25, 0.3) is 5.91 Å². The SMILES string of the molecule is CCc1ccccc1OC(C)C(=O)N1CCN(c2ccccc2F)CC1. The Hall–Kier alpha value is -2.56. The van der Waals surface area contributed by atoms with Gasteiger partial charge in [-0.2, -0.15) is 0 Å². The highest BCUT2D eigenvalue weighted by Crippen LogP contribution is 2.22. The number of amides is 1. The Morgan fingerprint density at radius 1 is 1.08 bits per heavy atom. The number of ether oxygens (including phenoxy) is 1. The lowest BCUT2D eigenvalue weighted by atomic mass is 10.1. The largest absolute Gasteiger partial charge is 0.481 e. The summed E-state index contributed by atoms with van der Waals surface area (Å²) in [5.41, 5.74) is 1.69. The molecule has 0 aromatic heterocycles. The number of carbonyl (C=O) groups is 1. The first-order valence-corrected chi connectivity index (χ1v) is 9.13. The molecule has 0 bridgehead atoms. The number of benzene rings is 2. The number of nitrogens with zero attached hydrogens (tertiary/aromatic N) is 2. The van der Waals surface area contributed by atoms with E-state index in [1.807, 2.05) is 35.2 Å². The van der Waals surface area contributed by atoms with Gasteiger partial charge in [0, 0.05) is 26.2 Å². The van der Waals surface area contributed by atoms with Gasteiger partial charge in [-0.25, -0.2) is 4.39 Å².